The van der Waals surface area contributed by atoms with Crippen molar-refractivity contribution in [2.45, 2.75) is 0 Å². The first kappa shape index (κ1) is 12.6. The van der Waals surface area contributed by atoms with Gasteiger partial charge < -0.3 is 9.47 Å². The molecule has 0 aliphatic heterocycles. The van der Waals surface area contributed by atoms with Crippen molar-refractivity contribution in [3.8, 4) is 33.6 Å². The molecular weight excluding hydrogens is 276 g/mol. The average molecular weight is 288 g/mol. The van der Waals surface area contributed by atoms with E-state index in [4.69, 9.17) is 9.47 Å². The lowest BCUT2D eigenvalue weighted by Gasteiger charge is -2.08. The first-order chi connectivity index (χ1) is 9.81. The quantitative estimate of drug-likeness (QED) is 0.799. The second-order valence-electron chi connectivity index (χ2n) is 3.94. The molecule has 102 valence electrons. The lowest BCUT2D eigenvalue weighted by Crippen LogP contribution is -1.90. The fraction of sp³-hybridized carbons (Fsp3) is 0.154. The molecule has 0 saturated heterocycles. The highest BCUT2D eigenvalue weighted by Crippen LogP contribution is 2.35. The fourth-order valence-electron chi connectivity index (χ4n) is 1.82. The van der Waals surface area contributed by atoms with E-state index in [1.165, 1.54) is 17.7 Å². The SMILES string of the molecule is COc1ccc(-c2csc(-c3ncn[nH]3)n2)c(OC)c1. The van der Waals surface area contributed by atoms with Crippen molar-refractivity contribution < 1.29 is 9.47 Å². The Morgan fingerprint density at radius 1 is 1.20 bits per heavy atom. The standard InChI is InChI=1S/C13H12N4O2S/c1-18-8-3-4-9(11(5-8)19-2)10-6-20-13(16-10)12-14-7-15-17-12/h3-7H,1-2H3,(H,14,15,17). The highest BCUT2D eigenvalue weighted by molar-refractivity contribution is 7.13. The van der Waals surface area contributed by atoms with Crippen molar-refractivity contribution in [2.24, 2.45) is 0 Å². The van der Waals surface area contributed by atoms with E-state index >= 15 is 0 Å². The third-order valence-corrected chi connectivity index (χ3v) is 3.66. The van der Waals surface area contributed by atoms with Crippen LogP contribution in [0.2, 0.25) is 0 Å². The molecule has 0 saturated carbocycles. The van der Waals surface area contributed by atoms with E-state index in [2.05, 4.69) is 20.2 Å². The number of thiazole rings is 1. The number of aromatic amines is 1. The Kier molecular flexibility index (Phi) is 3.34. The Hall–Kier alpha value is -2.41. The summed E-state index contributed by atoms with van der Waals surface area (Å²) < 4.78 is 10.6. The summed E-state index contributed by atoms with van der Waals surface area (Å²) in [4.78, 5) is 8.64. The van der Waals surface area contributed by atoms with E-state index in [0.717, 1.165) is 27.8 Å². The van der Waals surface area contributed by atoms with Crippen molar-refractivity contribution in [2.75, 3.05) is 14.2 Å². The summed E-state index contributed by atoms with van der Waals surface area (Å²) in [5.41, 5.74) is 1.75. The van der Waals surface area contributed by atoms with Crippen LogP contribution in [0.25, 0.3) is 22.1 Å². The molecule has 0 amide bonds. The monoisotopic (exact) mass is 288 g/mol. The van der Waals surface area contributed by atoms with Gasteiger partial charge in [0.25, 0.3) is 0 Å². The molecule has 3 rings (SSSR count). The molecule has 20 heavy (non-hydrogen) atoms. The van der Waals surface area contributed by atoms with Gasteiger partial charge in [0.1, 0.15) is 17.8 Å². The second kappa shape index (κ2) is 5.30. The maximum absolute atomic E-state index is 5.39. The van der Waals surface area contributed by atoms with Crippen LogP contribution in [0.1, 0.15) is 0 Å². The molecule has 0 unspecified atom stereocenters. The average Bonchev–Trinajstić information content (AvgIpc) is 3.17. The molecule has 0 bridgehead atoms. The zero-order chi connectivity index (χ0) is 13.9. The van der Waals surface area contributed by atoms with E-state index in [0.29, 0.717) is 5.82 Å². The zero-order valence-electron chi connectivity index (χ0n) is 11.0. The van der Waals surface area contributed by atoms with Gasteiger partial charge in [-0.25, -0.2) is 9.97 Å². The van der Waals surface area contributed by atoms with Crippen molar-refractivity contribution in [1.82, 2.24) is 20.2 Å². The molecule has 7 heteroatoms. The predicted octanol–water partition coefficient (Wildman–Crippen LogP) is 2.61. The van der Waals surface area contributed by atoms with Gasteiger partial charge in [-0.2, -0.15) is 5.10 Å². The molecule has 0 atom stereocenters. The third kappa shape index (κ3) is 2.23. The van der Waals surface area contributed by atoms with Gasteiger partial charge >= 0.3 is 0 Å². The highest BCUT2D eigenvalue weighted by Gasteiger charge is 2.13. The molecule has 2 heterocycles. The molecule has 1 N–H and O–H groups in total. The summed E-state index contributed by atoms with van der Waals surface area (Å²) in [5, 5.41) is 9.37. The summed E-state index contributed by atoms with van der Waals surface area (Å²) in [6.45, 7) is 0. The highest BCUT2D eigenvalue weighted by atomic mass is 32.1. The van der Waals surface area contributed by atoms with Crippen LogP contribution in [0.4, 0.5) is 0 Å². The number of rotatable bonds is 4. The van der Waals surface area contributed by atoms with Crippen LogP contribution < -0.4 is 9.47 Å². The fourth-order valence-corrected chi connectivity index (χ4v) is 2.59. The van der Waals surface area contributed by atoms with Crippen molar-refractivity contribution in [1.29, 1.82) is 0 Å². The number of benzene rings is 1. The minimum atomic E-state index is 0.661. The van der Waals surface area contributed by atoms with Gasteiger partial charge in [-0.3, -0.25) is 5.10 Å². The number of nitrogens with one attached hydrogen (secondary N) is 1. The van der Waals surface area contributed by atoms with Crippen LogP contribution >= 0.6 is 11.3 Å². The van der Waals surface area contributed by atoms with Crippen LogP contribution in [0.3, 0.4) is 0 Å². The Morgan fingerprint density at radius 3 is 2.80 bits per heavy atom. The molecule has 2 aromatic heterocycles. The second-order valence-corrected chi connectivity index (χ2v) is 4.80. The van der Waals surface area contributed by atoms with E-state index in [1.807, 2.05) is 23.6 Å². The summed E-state index contributed by atoms with van der Waals surface area (Å²) in [6.07, 6.45) is 1.46. The number of H-pyrrole nitrogens is 1. The van der Waals surface area contributed by atoms with Crippen molar-refractivity contribution in [3.63, 3.8) is 0 Å². The number of methoxy groups -OCH3 is 2. The van der Waals surface area contributed by atoms with Gasteiger partial charge in [0.15, 0.2) is 10.8 Å². The first-order valence-electron chi connectivity index (χ1n) is 5.85. The van der Waals surface area contributed by atoms with E-state index in [9.17, 15) is 0 Å². The third-order valence-electron chi connectivity index (χ3n) is 2.81. The van der Waals surface area contributed by atoms with Gasteiger partial charge in [-0.15, -0.1) is 11.3 Å². The smallest absolute Gasteiger partial charge is 0.184 e. The molecule has 0 fully saturated rings. The number of aromatic nitrogens is 4. The van der Waals surface area contributed by atoms with E-state index < -0.39 is 0 Å². The van der Waals surface area contributed by atoms with Gasteiger partial charge in [-0.05, 0) is 12.1 Å². The molecule has 0 aliphatic rings. The topological polar surface area (TPSA) is 72.9 Å². The summed E-state index contributed by atoms with van der Waals surface area (Å²) in [7, 11) is 3.25. The predicted molar refractivity (Wildman–Crippen MR) is 76.0 cm³/mol. The molecule has 0 spiro atoms. The number of ether oxygens (including phenoxy) is 2. The maximum Gasteiger partial charge on any atom is 0.184 e. The van der Waals surface area contributed by atoms with Gasteiger partial charge in [0.05, 0.1) is 19.9 Å². The normalized spacial score (nSPS) is 10.5. The number of hydrogen-bond acceptors (Lipinski definition) is 6. The minimum Gasteiger partial charge on any atom is -0.497 e. The lowest BCUT2D eigenvalue weighted by molar-refractivity contribution is 0.395. The Bertz CT molecular complexity index is 709. The Balaban J connectivity index is 2.01. The maximum atomic E-state index is 5.39. The van der Waals surface area contributed by atoms with Gasteiger partial charge in [0, 0.05) is 17.0 Å². The number of nitrogens with zero attached hydrogens (tertiary/aromatic N) is 3. The first-order valence-corrected chi connectivity index (χ1v) is 6.73. The van der Waals surface area contributed by atoms with Crippen molar-refractivity contribution >= 4 is 11.3 Å². The largest absolute Gasteiger partial charge is 0.497 e. The number of hydrogen-bond donors (Lipinski definition) is 1. The molecule has 6 nitrogen and oxygen atoms in total. The Labute approximate surface area is 119 Å². The van der Waals surface area contributed by atoms with Crippen LogP contribution in [0.15, 0.2) is 29.9 Å². The minimum absolute atomic E-state index is 0.661. The molecule has 1 aromatic carbocycles. The lowest BCUT2D eigenvalue weighted by atomic mass is 10.1. The van der Waals surface area contributed by atoms with Crippen molar-refractivity contribution in [3.05, 3.63) is 29.9 Å². The van der Waals surface area contributed by atoms with E-state index in [1.54, 1.807) is 14.2 Å². The van der Waals surface area contributed by atoms with Gasteiger partial charge in [-0.1, -0.05) is 0 Å². The van der Waals surface area contributed by atoms with Crippen LogP contribution in [-0.4, -0.2) is 34.4 Å². The summed E-state index contributed by atoms with van der Waals surface area (Å²) in [5.74, 6) is 2.13. The molecular formula is C13H12N4O2S. The zero-order valence-corrected chi connectivity index (χ0v) is 11.8. The van der Waals surface area contributed by atoms with E-state index in [-0.39, 0.29) is 0 Å². The van der Waals surface area contributed by atoms with Gasteiger partial charge in [0.2, 0.25) is 0 Å². The molecule has 0 radical (unpaired) electrons. The molecule has 0 aliphatic carbocycles. The molecule has 3 aromatic rings. The summed E-state index contributed by atoms with van der Waals surface area (Å²) in [6, 6.07) is 5.64. The summed E-state index contributed by atoms with van der Waals surface area (Å²) >= 11 is 1.50. The van der Waals surface area contributed by atoms with Crippen LogP contribution in [0.5, 0.6) is 11.5 Å². The van der Waals surface area contributed by atoms with Crippen LogP contribution in [-0.2, 0) is 0 Å². The Morgan fingerprint density at radius 2 is 2.10 bits per heavy atom. The van der Waals surface area contributed by atoms with Crippen LogP contribution in [0, 0.1) is 0 Å².